The number of piperidine rings is 1. The lowest BCUT2D eigenvalue weighted by molar-refractivity contribution is -0.137. The molecule has 1 aromatic carbocycles. The third-order valence-electron chi connectivity index (χ3n) is 4.87. The molecular weight excluding hydrogens is 345 g/mol. The van der Waals surface area contributed by atoms with Crippen molar-refractivity contribution < 1.29 is 26.4 Å². The quantitative estimate of drug-likeness (QED) is 0.875. The van der Waals surface area contributed by atoms with Gasteiger partial charge in [0, 0.05) is 19.6 Å². The molecule has 1 aromatic rings. The first-order chi connectivity index (χ1) is 11.2. The van der Waals surface area contributed by atoms with Crippen LogP contribution in [-0.4, -0.2) is 38.3 Å². The van der Waals surface area contributed by atoms with Crippen LogP contribution in [0.4, 0.5) is 13.2 Å². The van der Waals surface area contributed by atoms with Gasteiger partial charge in [0.05, 0.1) is 15.9 Å². The van der Waals surface area contributed by atoms with E-state index in [1.54, 1.807) is 0 Å². The third-order valence-corrected chi connectivity index (χ3v) is 6.78. The van der Waals surface area contributed by atoms with E-state index in [9.17, 15) is 26.4 Å². The van der Waals surface area contributed by atoms with Gasteiger partial charge in [-0.15, -0.1) is 0 Å². The number of halogens is 3. The van der Waals surface area contributed by atoms with Crippen LogP contribution in [0, 0.1) is 5.41 Å². The summed E-state index contributed by atoms with van der Waals surface area (Å²) in [5.41, 5.74) is -1.38. The molecule has 0 radical (unpaired) electrons. The molecule has 0 unspecified atom stereocenters. The molecule has 5 nitrogen and oxygen atoms in total. The lowest BCUT2D eigenvalue weighted by Crippen LogP contribution is -2.46. The normalized spacial score (nSPS) is 21.9. The highest BCUT2D eigenvalue weighted by Gasteiger charge is 2.46. The molecule has 0 atom stereocenters. The Kier molecular flexibility index (Phi) is 4.11. The Balaban J connectivity index is 1.76. The predicted octanol–water partition coefficient (Wildman–Crippen LogP) is 2.00. The summed E-state index contributed by atoms with van der Waals surface area (Å²) in [6.45, 7) is 0.984. The van der Waals surface area contributed by atoms with Gasteiger partial charge >= 0.3 is 6.18 Å². The number of benzene rings is 1. The van der Waals surface area contributed by atoms with E-state index in [4.69, 9.17) is 0 Å². The number of hydrogen-bond donors (Lipinski definition) is 1. The minimum atomic E-state index is -4.50. The topological polar surface area (TPSA) is 66.5 Å². The maximum atomic E-state index is 12.6. The highest BCUT2D eigenvalue weighted by Crippen LogP contribution is 2.39. The highest BCUT2D eigenvalue weighted by atomic mass is 32.2. The van der Waals surface area contributed by atoms with Gasteiger partial charge in [-0.2, -0.15) is 17.5 Å². The predicted molar refractivity (Wildman–Crippen MR) is 79.5 cm³/mol. The van der Waals surface area contributed by atoms with E-state index in [1.807, 2.05) is 0 Å². The van der Waals surface area contributed by atoms with Crippen molar-refractivity contribution in [1.29, 1.82) is 0 Å². The van der Waals surface area contributed by atoms with Crippen LogP contribution in [0.3, 0.4) is 0 Å². The van der Waals surface area contributed by atoms with Gasteiger partial charge in [0.15, 0.2) is 0 Å². The van der Waals surface area contributed by atoms with Gasteiger partial charge in [-0.25, -0.2) is 8.42 Å². The molecule has 24 heavy (non-hydrogen) atoms. The van der Waals surface area contributed by atoms with E-state index in [0.29, 0.717) is 25.8 Å². The zero-order valence-electron chi connectivity index (χ0n) is 12.8. The second-order valence-corrected chi connectivity index (χ2v) is 8.15. The van der Waals surface area contributed by atoms with Gasteiger partial charge < -0.3 is 5.32 Å². The highest BCUT2D eigenvalue weighted by molar-refractivity contribution is 7.89. The molecule has 0 saturated carbocycles. The smallest absolute Gasteiger partial charge is 0.356 e. The molecular formula is C15H17F3N2O3S. The van der Waals surface area contributed by atoms with Gasteiger partial charge in [-0.05, 0) is 43.5 Å². The average molecular weight is 362 g/mol. The fourth-order valence-electron chi connectivity index (χ4n) is 3.31. The summed E-state index contributed by atoms with van der Waals surface area (Å²) in [5.74, 6) is -0.0333. The summed E-state index contributed by atoms with van der Waals surface area (Å²) in [6, 6.07) is 3.49. The molecule has 3 rings (SSSR count). The van der Waals surface area contributed by atoms with Crippen LogP contribution in [0.15, 0.2) is 29.2 Å². The van der Waals surface area contributed by atoms with Crippen molar-refractivity contribution in [3.63, 3.8) is 0 Å². The summed E-state index contributed by atoms with van der Waals surface area (Å²) in [4.78, 5) is 11.8. The summed E-state index contributed by atoms with van der Waals surface area (Å²) < 4.78 is 64.1. The van der Waals surface area contributed by atoms with E-state index in [1.165, 1.54) is 4.31 Å². The first kappa shape index (κ1) is 17.2. The zero-order chi connectivity index (χ0) is 17.6. The number of nitrogens with one attached hydrogen (secondary N) is 1. The third kappa shape index (κ3) is 2.90. The van der Waals surface area contributed by atoms with E-state index < -0.39 is 27.2 Å². The van der Waals surface area contributed by atoms with Gasteiger partial charge in [-0.3, -0.25) is 4.79 Å². The van der Waals surface area contributed by atoms with Crippen LogP contribution in [0.1, 0.15) is 24.8 Å². The van der Waals surface area contributed by atoms with Crippen molar-refractivity contribution in [2.45, 2.75) is 30.3 Å². The van der Waals surface area contributed by atoms with E-state index >= 15 is 0 Å². The summed E-state index contributed by atoms with van der Waals surface area (Å²) in [6.07, 6.45) is -2.95. The molecule has 132 valence electrons. The Bertz CT molecular complexity index is 736. The number of alkyl halides is 3. The molecule has 2 aliphatic rings. The van der Waals surface area contributed by atoms with E-state index in [0.717, 1.165) is 24.3 Å². The first-order valence-electron chi connectivity index (χ1n) is 7.61. The number of amides is 1. The standard InChI is InChI=1S/C15H17F3N2O3S/c16-15(17,18)11-1-3-12(4-2-11)24(22,23)20-9-6-14(7-10-20)5-8-19-13(14)21/h1-4H,5-10H2,(H,19,21). The van der Waals surface area contributed by atoms with Crippen LogP contribution in [-0.2, 0) is 21.0 Å². The molecule has 2 aliphatic heterocycles. The Labute approximate surface area is 137 Å². The van der Waals surface area contributed by atoms with Crippen molar-refractivity contribution in [3.05, 3.63) is 29.8 Å². The van der Waals surface area contributed by atoms with E-state index in [-0.39, 0.29) is 23.9 Å². The zero-order valence-corrected chi connectivity index (χ0v) is 13.6. The number of sulfonamides is 1. The summed E-state index contributed by atoms with van der Waals surface area (Å²) in [5, 5.41) is 2.77. The first-order valence-corrected chi connectivity index (χ1v) is 9.05. The molecule has 1 amide bonds. The molecule has 1 spiro atoms. The van der Waals surface area contributed by atoms with Gasteiger partial charge in [0.1, 0.15) is 0 Å². The number of carbonyl (C=O) groups excluding carboxylic acids is 1. The van der Waals surface area contributed by atoms with Crippen LogP contribution < -0.4 is 5.32 Å². The molecule has 0 bridgehead atoms. The van der Waals surface area contributed by atoms with Crippen molar-refractivity contribution in [3.8, 4) is 0 Å². The fourth-order valence-corrected chi connectivity index (χ4v) is 4.75. The molecule has 9 heteroatoms. The van der Waals surface area contributed by atoms with Gasteiger partial charge in [-0.1, -0.05) is 0 Å². The number of nitrogens with zero attached hydrogens (tertiary/aromatic N) is 1. The second-order valence-electron chi connectivity index (χ2n) is 6.21. The van der Waals surface area contributed by atoms with Crippen LogP contribution in [0.5, 0.6) is 0 Å². The van der Waals surface area contributed by atoms with E-state index in [2.05, 4.69) is 5.32 Å². The second kappa shape index (κ2) is 5.73. The Hall–Kier alpha value is -1.61. The largest absolute Gasteiger partial charge is 0.416 e. The van der Waals surface area contributed by atoms with Gasteiger partial charge in [0.2, 0.25) is 15.9 Å². The van der Waals surface area contributed by atoms with Crippen molar-refractivity contribution in [2.24, 2.45) is 5.41 Å². The summed E-state index contributed by atoms with van der Waals surface area (Å²) in [7, 11) is -3.85. The minimum absolute atomic E-state index is 0.0333. The fraction of sp³-hybridized carbons (Fsp3) is 0.533. The summed E-state index contributed by atoms with van der Waals surface area (Å²) >= 11 is 0. The monoisotopic (exact) mass is 362 g/mol. The molecule has 1 N–H and O–H groups in total. The SMILES string of the molecule is O=C1NCCC12CCN(S(=O)(=O)c1ccc(C(F)(F)F)cc1)CC2. The maximum Gasteiger partial charge on any atom is 0.416 e. The molecule has 0 aromatic heterocycles. The number of rotatable bonds is 2. The molecule has 2 saturated heterocycles. The number of hydrogen-bond acceptors (Lipinski definition) is 3. The molecule has 2 fully saturated rings. The Morgan fingerprint density at radius 3 is 2.08 bits per heavy atom. The lowest BCUT2D eigenvalue weighted by atomic mass is 9.78. The van der Waals surface area contributed by atoms with Crippen molar-refractivity contribution in [1.82, 2.24) is 9.62 Å². The van der Waals surface area contributed by atoms with Crippen molar-refractivity contribution >= 4 is 15.9 Å². The molecule has 0 aliphatic carbocycles. The van der Waals surface area contributed by atoms with Gasteiger partial charge in [0.25, 0.3) is 0 Å². The van der Waals surface area contributed by atoms with Crippen LogP contribution in [0.2, 0.25) is 0 Å². The Morgan fingerprint density at radius 1 is 1.04 bits per heavy atom. The van der Waals surface area contributed by atoms with Crippen LogP contribution >= 0.6 is 0 Å². The van der Waals surface area contributed by atoms with Crippen LogP contribution in [0.25, 0.3) is 0 Å². The maximum absolute atomic E-state index is 12.6. The minimum Gasteiger partial charge on any atom is -0.356 e. The number of carbonyl (C=O) groups is 1. The average Bonchev–Trinajstić information content (AvgIpc) is 2.88. The lowest BCUT2D eigenvalue weighted by Gasteiger charge is -2.36. The Morgan fingerprint density at radius 2 is 1.62 bits per heavy atom. The van der Waals surface area contributed by atoms with Crippen molar-refractivity contribution in [2.75, 3.05) is 19.6 Å². The molecule has 2 heterocycles.